The summed E-state index contributed by atoms with van der Waals surface area (Å²) in [6.45, 7) is 0. The fraction of sp³-hybridized carbons (Fsp3) is 0.286. The molecule has 1 fully saturated rings. The first-order valence-electron chi connectivity index (χ1n) is 6.18. The lowest BCUT2D eigenvalue weighted by Crippen LogP contribution is -2.35. The molecule has 2 aromatic rings. The van der Waals surface area contributed by atoms with E-state index in [4.69, 9.17) is 11.6 Å². The first kappa shape index (κ1) is 12.8. The maximum absolute atomic E-state index is 12.2. The Morgan fingerprint density at radius 3 is 3.05 bits per heavy atom. The standard InChI is InChI=1S/C14H13ClN2OS/c15-11-7-13(14(18)16-9-5-6-19-8-9)17-12-4-2-1-3-10(11)12/h1-4,7,9H,5-6,8H2,(H,16,18). The number of rotatable bonds is 2. The summed E-state index contributed by atoms with van der Waals surface area (Å²) in [5, 5.41) is 4.44. The summed E-state index contributed by atoms with van der Waals surface area (Å²) in [7, 11) is 0. The van der Waals surface area contributed by atoms with Crippen LogP contribution in [0.25, 0.3) is 10.9 Å². The number of aromatic nitrogens is 1. The average molecular weight is 293 g/mol. The van der Waals surface area contributed by atoms with Gasteiger partial charge in [-0.1, -0.05) is 29.8 Å². The number of halogens is 1. The molecular formula is C14H13ClN2OS. The molecule has 1 aromatic carbocycles. The van der Waals surface area contributed by atoms with Gasteiger partial charge in [0.1, 0.15) is 5.69 Å². The van der Waals surface area contributed by atoms with Crippen molar-refractivity contribution in [1.82, 2.24) is 10.3 Å². The molecule has 1 saturated heterocycles. The summed E-state index contributed by atoms with van der Waals surface area (Å²) in [5.74, 6) is 1.95. The summed E-state index contributed by atoms with van der Waals surface area (Å²) < 4.78 is 0. The molecule has 1 atom stereocenters. The molecule has 0 aliphatic carbocycles. The summed E-state index contributed by atoms with van der Waals surface area (Å²) in [6, 6.07) is 9.46. The molecule has 3 rings (SSSR count). The van der Waals surface area contributed by atoms with Crippen LogP contribution in [-0.2, 0) is 0 Å². The maximum Gasteiger partial charge on any atom is 0.270 e. The Morgan fingerprint density at radius 1 is 1.42 bits per heavy atom. The van der Waals surface area contributed by atoms with Crippen molar-refractivity contribution in [2.45, 2.75) is 12.5 Å². The highest BCUT2D eigenvalue weighted by Crippen LogP contribution is 2.23. The summed E-state index contributed by atoms with van der Waals surface area (Å²) in [6.07, 6.45) is 1.03. The third-order valence-electron chi connectivity index (χ3n) is 3.16. The van der Waals surface area contributed by atoms with E-state index in [0.717, 1.165) is 28.8 Å². The van der Waals surface area contributed by atoms with Crippen LogP contribution in [0.15, 0.2) is 30.3 Å². The van der Waals surface area contributed by atoms with Crippen molar-refractivity contribution >= 4 is 40.2 Å². The van der Waals surface area contributed by atoms with E-state index in [1.54, 1.807) is 6.07 Å². The van der Waals surface area contributed by atoms with Crippen LogP contribution in [0.4, 0.5) is 0 Å². The second-order valence-corrected chi connectivity index (χ2v) is 6.10. The third-order valence-corrected chi connectivity index (χ3v) is 4.64. The van der Waals surface area contributed by atoms with E-state index >= 15 is 0 Å². The predicted molar refractivity (Wildman–Crippen MR) is 79.9 cm³/mol. The second kappa shape index (κ2) is 5.39. The zero-order valence-electron chi connectivity index (χ0n) is 10.2. The molecule has 2 heterocycles. The highest BCUT2D eigenvalue weighted by molar-refractivity contribution is 7.99. The fourth-order valence-electron chi connectivity index (χ4n) is 2.16. The minimum Gasteiger partial charge on any atom is -0.347 e. The lowest BCUT2D eigenvalue weighted by atomic mass is 10.2. The van der Waals surface area contributed by atoms with Crippen LogP contribution in [-0.4, -0.2) is 28.4 Å². The van der Waals surface area contributed by atoms with Crippen LogP contribution in [0, 0.1) is 0 Å². The third kappa shape index (κ3) is 2.69. The van der Waals surface area contributed by atoms with Crippen LogP contribution in [0.5, 0.6) is 0 Å². The molecule has 1 unspecified atom stereocenters. The highest BCUT2D eigenvalue weighted by atomic mass is 35.5. The lowest BCUT2D eigenvalue weighted by molar-refractivity contribution is 0.0936. The molecule has 5 heteroatoms. The molecule has 1 aromatic heterocycles. The molecule has 1 aliphatic rings. The van der Waals surface area contributed by atoms with Gasteiger partial charge >= 0.3 is 0 Å². The first-order valence-corrected chi connectivity index (χ1v) is 7.71. The monoisotopic (exact) mass is 292 g/mol. The molecule has 0 radical (unpaired) electrons. The molecule has 19 heavy (non-hydrogen) atoms. The number of pyridine rings is 1. The summed E-state index contributed by atoms with van der Waals surface area (Å²) >= 11 is 8.06. The number of para-hydroxylation sites is 1. The van der Waals surface area contributed by atoms with Gasteiger partial charge in [-0.2, -0.15) is 11.8 Å². The molecule has 0 saturated carbocycles. The molecule has 0 spiro atoms. The average Bonchev–Trinajstić information content (AvgIpc) is 2.91. The van der Waals surface area contributed by atoms with E-state index in [9.17, 15) is 4.79 Å². The van der Waals surface area contributed by atoms with Crippen LogP contribution in [0.3, 0.4) is 0 Å². The van der Waals surface area contributed by atoms with Crippen LogP contribution in [0.1, 0.15) is 16.9 Å². The number of hydrogen-bond acceptors (Lipinski definition) is 3. The number of nitrogens with zero attached hydrogens (tertiary/aromatic N) is 1. The normalized spacial score (nSPS) is 18.7. The number of nitrogens with one attached hydrogen (secondary N) is 1. The van der Waals surface area contributed by atoms with Crippen molar-refractivity contribution in [3.8, 4) is 0 Å². The lowest BCUT2D eigenvalue weighted by Gasteiger charge is -2.11. The molecule has 3 nitrogen and oxygen atoms in total. The van der Waals surface area contributed by atoms with E-state index in [0.29, 0.717) is 10.7 Å². The van der Waals surface area contributed by atoms with Gasteiger partial charge in [-0.05, 0) is 24.3 Å². The van der Waals surface area contributed by atoms with Crippen molar-refractivity contribution in [3.63, 3.8) is 0 Å². The van der Waals surface area contributed by atoms with E-state index in [1.807, 2.05) is 36.0 Å². The van der Waals surface area contributed by atoms with Gasteiger partial charge in [0.05, 0.1) is 10.5 Å². The SMILES string of the molecule is O=C(NC1CCSC1)c1cc(Cl)c2ccccc2n1. The van der Waals surface area contributed by atoms with E-state index < -0.39 is 0 Å². The van der Waals surface area contributed by atoms with Gasteiger partial charge in [0, 0.05) is 17.2 Å². The highest BCUT2D eigenvalue weighted by Gasteiger charge is 2.19. The Hall–Kier alpha value is -1.26. The molecule has 1 aliphatic heterocycles. The van der Waals surface area contributed by atoms with Crippen LogP contribution < -0.4 is 5.32 Å². The summed E-state index contributed by atoms with van der Waals surface area (Å²) in [4.78, 5) is 16.5. The van der Waals surface area contributed by atoms with Crippen LogP contribution in [0.2, 0.25) is 5.02 Å². The van der Waals surface area contributed by atoms with Gasteiger partial charge in [-0.3, -0.25) is 4.79 Å². The number of amides is 1. The van der Waals surface area contributed by atoms with Gasteiger partial charge < -0.3 is 5.32 Å². The molecule has 1 N–H and O–H groups in total. The Morgan fingerprint density at radius 2 is 2.26 bits per heavy atom. The van der Waals surface area contributed by atoms with Crippen molar-refractivity contribution in [2.24, 2.45) is 0 Å². The zero-order chi connectivity index (χ0) is 13.2. The number of carbonyl (C=O) groups is 1. The van der Waals surface area contributed by atoms with E-state index in [-0.39, 0.29) is 11.9 Å². The molecule has 0 bridgehead atoms. The quantitative estimate of drug-likeness (QED) is 0.925. The van der Waals surface area contributed by atoms with E-state index in [1.165, 1.54) is 0 Å². The Labute approximate surface area is 120 Å². The fourth-order valence-corrected chi connectivity index (χ4v) is 3.57. The van der Waals surface area contributed by atoms with Crippen LogP contribution >= 0.6 is 23.4 Å². The largest absolute Gasteiger partial charge is 0.347 e. The van der Waals surface area contributed by atoms with Crippen molar-refractivity contribution in [2.75, 3.05) is 11.5 Å². The minimum absolute atomic E-state index is 0.139. The second-order valence-electron chi connectivity index (χ2n) is 4.54. The first-order chi connectivity index (χ1) is 9.24. The number of fused-ring (bicyclic) bond motifs is 1. The zero-order valence-corrected chi connectivity index (χ0v) is 11.8. The number of carbonyl (C=O) groups excluding carboxylic acids is 1. The Balaban J connectivity index is 1.89. The van der Waals surface area contributed by atoms with Gasteiger partial charge in [0.15, 0.2) is 0 Å². The van der Waals surface area contributed by atoms with Gasteiger partial charge in [0.25, 0.3) is 5.91 Å². The van der Waals surface area contributed by atoms with Crippen molar-refractivity contribution < 1.29 is 4.79 Å². The maximum atomic E-state index is 12.2. The Bertz CT molecular complexity index is 626. The minimum atomic E-state index is -0.139. The predicted octanol–water partition coefficient (Wildman–Crippen LogP) is 3.12. The number of benzene rings is 1. The smallest absolute Gasteiger partial charge is 0.270 e. The molecular weight excluding hydrogens is 280 g/mol. The molecule has 1 amide bonds. The number of thioether (sulfide) groups is 1. The van der Waals surface area contributed by atoms with E-state index in [2.05, 4.69) is 10.3 Å². The van der Waals surface area contributed by atoms with Gasteiger partial charge in [0.2, 0.25) is 0 Å². The Kier molecular flexibility index (Phi) is 3.62. The van der Waals surface area contributed by atoms with Crippen molar-refractivity contribution in [1.29, 1.82) is 0 Å². The molecule has 98 valence electrons. The van der Waals surface area contributed by atoms with Crippen molar-refractivity contribution in [3.05, 3.63) is 41.0 Å². The van der Waals surface area contributed by atoms with Gasteiger partial charge in [-0.15, -0.1) is 0 Å². The summed E-state index contributed by atoms with van der Waals surface area (Å²) in [5.41, 5.74) is 1.14. The topological polar surface area (TPSA) is 42.0 Å². The number of hydrogen-bond donors (Lipinski definition) is 1. The van der Waals surface area contributed by atoms with Gasteiger partial charge in [-0.25, -0.2) is 4.98 Å².